The van der Waals surface area contributed by atoms with Crippen LogP contribution >= 0.6 is 11.5 Å². The van der Waals surface area contributed by atoms with Crippen molar-refractivity contribution in [3.63, 3.8) is 0 Å². The molecule has 0 radical (unpaired) electrons. The topological polar surface area (TPSA) is 72.7 Å². The predicted octanol–water partition coefficient (Wildman–Crippen LogP) is 2.96. The molecule has 0 aliphatic rings. The van der Waals surface area contributed by atoms with Crippen LogP contribution in [0.4, 0.5) is 18.3 Å². The van der Waals surface area contributed by atoms with E-state index in [9.17, 15) is 18.0 Å². The lowest BCUT2D eigenvalue weighted by Crippen LogP contribution is -2.21. The first-order valence-electron chi connectivity index (χ1n) is 6.80. The van der Waals surface area contributed by atoms with Gasteiger partial charge in [-0.25, -0.2) is 4.98 Å². The molecule has 23 heavy (non-hydrogen) atoms. The Hall–Kier alpha value is -1.97. The molecule has 0 saturated carbocycles. The standard InChI is InChI=1S/C13H16F3N5OS/c1-6(11(22)18-12-17-9(4)20-23-12)10-7(2)19-21(8(10)3)5-13(14,15)16/h6H,5H2,1-4H3,(H,17,18,20,22)/t6-/m0/s1. The highest BCUT2D eigenvalue weighted by atomic mass is 32.1. The second-order valence-corrected chi connectivity index (χ2v) is 5.97. The first-order valence-corrected chi connectivity index (χ1v) is 7.57. The van der Waals surface area contributed by atoms with Gasteiger partial charge in [-0.3, -0.25) is 9.48 Å². The monoisotopic (exact) mass is 347 g/mol. The molecule has 0 aliphatic carbocycles. The minimum absolute atomic E-state index is 0.330. The van der Waals surface area contributed by atoms with Gasteiger partial charge in [-0.1, -0.05) is 0 Å². The fourth-order valence-electron chi connectivity index (χ4n) is 2.35. The van der Waals surface area contributed by atoms with Crippen LogP contribution in [-0.4, -0.2) is 31.2 Å². The van der Waals surface area contributed by atoms with Gasteiger partial charge >= 0.3 is 6.18 Å². The van der Waals surface area contributed by atoms with E-state index < -0.39 is 18.6 Å². The number of aryl methyl sites for hydroxylation is 2. The maximum atomic E-state index is 12.6. The van der Waals surface area contributed by atoms with E-state index in [4.69, 9.17) is 0 Å². The number of anilines is 1. The number of alkyl halides is 3. The summed E-state index contributed by atoms with van der Waals surface area (Å²) in [5.41, 5.74) is 1.23. The first-order chi connectivity index (χ1) is 10.6. The normalized spacial score (nSPS) is 13.2. The number of hydrogen-bond acceptors (Lipinski definition) is 5. The molecule has 1 amide bonds. The van der Waals surface area contributed by atoms with Crippen molar-refractivity contribution < 1.29 is 18.0 Å². The minimum Gasteiger partial charge on any atom is -0.300 e. The number of amides is 1. The Balaban J connectivity index is 2.21. The van der Waals surface area contributed by atoms with E-state index in [-0.39, 0.29) is 5.91 Å². The smallest absolute Gasteiger partial charge is 0.300 e. The molecule has 6 nitrogen and oxygen atoms in total. The maximum Gasteiger partial charge on any atom is 0.408 e. The summed E-state index contributed by atoms with van der Waals surface area (Å²) in [4.78, 5) is 16.3. The minimum atomic E-state index is -4.37. The van der Waals surface area contributed by atoms with Gasteiger partial charge in [-0.15, -0.1) is 0 Å². The summed E-state index contributed by atoms with van der Waals surface area (Å²) in [5.74, 6) is -0.469. The van der Waals surface area contributed by atoms with Gasteiger partial charge in [0, 0.05) is 22.8 Å². The third kappa shape index (κ3) is 4.06. The molecule has 0 aromatic carbocycles. The van der Waals surface area contributed by atoms with Crippen LogP contribution in [0.5, 0.6) is 0 Å². The molecule has 0 saturated heterocycles. The van der Waals surface area contributed by atoms with Crippen molar-refractivity contribution in [2.45, 2.75) is 46.3 Å². The largest absolute Gasteiger partial charge is 0.408 e. The van der Waals surface area contributed by atoms with Crippen molar-refractivity contribution in [1.82, 2.24) is 19.1 Å². The summed E-state index contributed by atoms with van der Waals surface area (Å²) in [6.45, 7) is 5.26. The van der Waals surface area contributed by atoms with E-state index in [1.54, 1.807) is 20.8 Å². The van der Waals surface area contributed by atoms with Gasteiger partial charge < -0.3 is 5.32 Å². The van der Waals surface area contributed by atoms with Gasteiger partial charge in [0.1, 0.15) is 12.4 Å². The van der Waals surface area contributed by atoms with Crippen molar-refractivity contribution in [2.75, 3.05) is 5.32 Å². The zero-order chi connectivity index (χ0) is 17.4. The maximum absolute atomic E-state index is 12.6. The molecule has 2 aromatic heterocycles. The lowest BCUT2D eigenvalue weighted by atomic mass is 9.98. The van der Waals surface area contributed by atoms with Gasteiger partial charge in [0.25, 0.3) is 0 Å². The van der Waals surface area contributed by atoms with Crippen LogP contribution in [0.1, 0.15) is 35.6 Å². The summed E-state index contributed by atoms with van der Waals surface area (Å²) in [5, 5.41) is 6.88. The number of rotatable bonds is 4. The van der Waals surface area contributed by atoms with E-state index in [0.717, 1.165) is 16.2 Å². The van der Waals surface area contributed by atoms with Gasteiger partial charge in [-0.05, 0) is 27.7 Å². The summed E-state index contributed by atoms with van der Waals surface area (Å²) < 4.78 is 42.5. The molecule has 0 aliphatic heterocycles. The van der Waals surface area contributed by atoms with Gasteiger partial charge in [-0.2, -0.15) is 22.6 Å². The highest BCUT2D eigenvalue weighted by Gasteiger charge is 2.31. The third-order valence-electron chi connectivity index (χ3n) is 3.35. The zero-order valence-electron chi connectivity index (χ0n) is 13.0. The molecule has 1 N–H and O–H groups in total. The fourth-order valence-corrected chi connectivity index (χ4v) is 2.93. The van der Waals surface area contributed by atoms with Crippen LogP contribution in [0, 0.1) is 20.8 Å². The molecule has 10 heteroatoms. The van der Waals surface area contributed by atoms with Gasteiger partial charge in [0.05, 0.1) is 11.6 Å². The second kappa shape index (κ2) is 6.26. The number of carbonyl (C=O) groups is 1. The summed E-state index contributed by atoms with van der Waals surface area (Å²) in [6.07, 6.45) is -4.37. The third-order valence-corrected chi connectivity index (χ3v) is 4.07. The predicted molar refractivity (Wildman–Crippen MR) is 79.4 cm³/mol. The number of carbonyl (C=O) groups excluding carboxylic acids is 1. The Bertz CT molecular complexity index is 722. The Kier molecular flexibility index (Phi) is 4.73. The Labute approximate surface area is 134 Å². The van der Waals surface area contributed by atoms with Crippen molar-refractivity contribution >= 4 is 22.6 Å². The number of halogens is 3. The Morgan fingerprint density at radius 1 is 1.35 bits per heavy atom. The van der Waals surface area contributed by atoms with Crippen LogP contribution in [-0.2, 0) is 11.3 Å². The van der Waals surface area contributed by atoms with Crippen molar-refractivity contribution in [3.05, 3.63) is 22.8 Å². The first kappa shape index (κ1) is 17.4. The van der Waals surface area contributed by atoms with Gasteiger partial charge in [0.2, 0.25) is 11.0 Å². The van der Waals surface area contributed by atoms with E-state index >= 15 is 0 Å². The molecule has 2 rings (SSSR count). The summed E-state index contributed by atoms with van der Waals surface area (Å²) >= 11 is 1.05. The van der Waals surface area contributed by atoms with E-state index in [1.807, 2.05) is 0 Å². The molecule has 0 unspecified atom stereocenters. The van der Waals surface area contributed by atoms with Crippen molar-refractivity contribution in [3.8, 4) is 0 Å². The number of nitrogens with zero attached hydrogens (tertiary/aromatic N) is 4. The Morgan fingerprint density at radius 2 is 2.00 bits per heavy atom. The van der Waals surface area contributed by atoms with Crippen LogP contribution < -0.4 is 5.32 Å². The van der Waals surface area contributed by atoms with Gasteiger partial charge in [0.15, 0.2) is 0 Å². The van der Waals surface area contributed by atoms with Crippen molar-refractivity contribution in [2.24, 2.45) is 0 Å². The summed E-state index contributed by atoms with van der Waals surface area (Å²) in [6, 6.07) is 0. The molecule has 0 fully saturated rings. The Morgan fingerprint density at radius 3 is 2.52 bits per heavy atom. The molecular formula is C13H16F3N5OS. The average molecular weight is 347 g/mol. The molecule has 0 spiro atoms. The second-order valence-electron chi connectivity index (χ2n) is 5.22. The summed E-state index contributed by atoms with van der Waals surface area (Å²) in [7, 11) is 0. The lowest BCUT2D eigenvalue weighted by Gasteiger charge is -2.12. The highest BCUT2D eigenvalue weighted by Crippen LogP contribution is 2.27. The molecule has 1 atom stereocenters. The molecule has 0 bridgehead atoms. The average Bonchev–Trinajstić information content (AvgIpc) is 2.92. The van der Waals surface area contributed by atoms with Crippen LogP contribution in [0.3, 0.4) is 0 Å². The quantitative estimate of drug-likeness (QED) is 0.923. The molecule has 126 valence electrons. The van der Waals surface area contributed by atoms with E-state index in [2.05, 4.69) is 19.8 Å². The van der Waals surface area contributed by atoms with Crippen LogP contribution in [0.25, 0.3) is 0 Å². The lowest BCUT2D eigenvalue weighted by molar-refractivity contribution is -0.142. The van der Waals surface area contributed by atoms with Crippen LogP contribution in [0.2, 0.25) is 0 Å². The van der Waals surface area contributed by atoms with E-state index in [0.29, 0.717) is 27.9 Å². The van der Waals surface area contributed by atoms with E-state index in [1.165, 1.54) is 6.92 Å². The SMILES string of the molecule is Cc1nsc(NC(=O)[C@@H](C)c2c(C)nn(CC(F)(F)F)c2C)n1. The number of hydrogen-bond donors (Lipinski definition) is 1. The zero-order valence-corrected chi connectivity index (χ0v) is 13.8. The van der Waals surface area contributed by atoms with Crippen LogP contribution in [0.15, 0.2) is 0 Å². The number of aromatic nitrogens is 4. The fraction of sp³-hybridized carbons (Fsp3) is 0.538. The van der Waals surface area contributed by atoms with Crippen molar-refractivity contribution in [1.29, 1.82) is 0 Å². The number of nitrogens with one attached hydrogen (secondary N) is 1. The highest BCUT2D eigenvalue weighted by molar-refractivity contribution is 7.09. The molecular weight excluding hydrogens is 331 g/mol. The molecule has 2 heterocycles. The molecule has 2 aromatic rings.